The van der Waals surface area contributed by atoms with Crippen LogP contribution in [0.15, 0.2) is 6.07 Å². The van der Waals surface area contributed by atoms with E-state index in [1.165, 1.54) is 0 Å². The summed E-state index contributed by atoms with van der Waals surface area (Å²) in [4.78, 5) is 10.3. The smallest absolute Gasteiger partial charge is 0.410 e. The number of hydrogen-bond acceptors (Lipinski definition) is 3. The van der Waals surface area contributed by atoms with Gasteiger partial charge in [-0.3, -0.25) is 0 Å². The van der Waals surface area contributed by atoms with E-state index in [0.29, 0.717) is 6.07 Å². The van der Waals surface area contributed by atoms with Gasteiger partial charge in [-0.05, 0) is 0 Å². The van der Waals surface area contributed by atoms with Gasteiger partial charge >= 0.3 is 6.09 Å². The van der Waals surface area contributed by atoms with Crippen molar-refractivity contribution >= 4 is 6.09 Å². The van der Waals surface area contributed by atoms with Crippen molar-refractivity contribution < 1.29 is 27.4 Å². The van der Waals surface area contributed by atoms with Crippen molar-refractivity contribution in [2.24, 2.45) is 5.73 Å². The number of ether oxygens (including phenoxy) is 2. The third kappa shape index (κ3) is 2.12. The molecule has 0 aliphatic heterocycles. The summed E-state index contributed by atoms with van der Waals surface area (Å²) in [5.41, 5.74) is 4.59. The van der Waals surface area contributed by atoms with E-state index < -0.39 is 35.0 Å². The normalized spacial score (nSPS) is 9.87. The molecular formula is C8H6F3NO3. The average Bonchev–Trinajstić information content (AvgIpc) is 2.14. The van der Waals surface area contributed by atoms with Gasteiger partial charge in [0.1, 0.15) is 0 Å². The van der Waals surface area contributed by atoms with E-state index in [2.05, 4.69) is 15.2 Å². The van der Waals surface area contributed by atoms with Gasteiger partial charge in [0.25, 0.3) is 0 Å². The number of benzene rings is 1. The molecule has 0 radical (unpaired) electrons. The fourth-order valence-corrected chi connectivity index (χ4v) is 0.920. The Kier molecular flexibility index (Phi) is 3.03. The highest BCUT2D eigenvalue weighted by Crippen LogP contribution is 2.31. The van der Waals surface area contributed by atoms with Gasteiger partial charge in [0.05, 0.1) is 7.11 Å². The van der Waals surface area contributed by atoms with Gasteiger partial charge in [-0.15, -0.1) is 0 Å². The summed E-state index contributed by atoms with van der Waals surface area (Å²) >= 11 is 0. The Morgan fingerprint density at radius 1 is 1.33 bits per heavy atom. The fraction of sp³-hybridized carbons (Fsp3) is 0.125. The molecule has 0 saturated heterocycles. The largest absolute Gasteiger partial charge is 0.491 e. The molecular weight excluding hydrogens is 215 g/mol. The molecule has 1 aromatic carbocycles. The van der Waals surface area contributed by atoms with Crippen LogP contribution in [0.25, 0.3) is 0 Å². The zero-order valence-electron chi connectivity index (χ0n) is 7.51. The average molecular weight is 221 g/mol. The van der Waals surface area contributed by atoms with Gasteiger partial charge in [0.2, 0.25) is 11.6 Å². The molecule has 7 heteroatoms. The minimum Gasteiger partial charge on any atom is -0.491 e. The Bertz CT molecular complexity index is 409. The van der Waals surface area contributed by atoms with Gasteiger partial charge in [-0.25, -0.2) is 9.18 Å². The van der Waals surface area contributed by atoms with Crippen LogP contribution in [-0.2, 0) is 0 Å². The van der Waals surface area contributed by atoms with Gasteiger partial charge < -0.3 is 15.2 Å². The Balaban J connectivity index is 3.30. The Morgan fingerprint density at radius 3 is 2.40 bits per heavy atom. The Labute approximate surface area is 82.4 Å². The van der Waals surface area contributed by atoms with Crippen LogP contribution in [0.1, 0.15) is 0 Å². The molecule has 15 heavy (non-hydrogen) atoms. The third-order valence-corrected chi connectivity index (χ3v) is 1.50. The molecule has 1 aromatic rings. The van der Waals surface area contributed by atoms with Crippen LogP contribution in [0.4, 0.5) is 18.0 Å². The van der Waals surface area contributed by atoms with Crippen LogP contribution in [0.2, 0.25) is 0 Å². The zero-order chi connectivity index (χ0) is 11.6. The summed E-state index contributed by atoms with van der Waals surface area (Å²) in [7, 11) is 0.939. The van der Waals surface area contributed by atoms with Crippen LogP contribution in [0.5, 0.6) is 11.5 Å². The maximum Gasteiger partial charge on any atom is 0.410 e. The molecule has 2 N–H and O–H groups in total. The molecule has 4 nitrogen and oxygen atoms in total. The number of methoxy groups -OCH3 is 1. The predicted molar refractivity (Wildman–Crippen MR) is 43.1 cm³/mol. The van der Waals surface area contributed by atoms with Crippen LogP contribution >= 0.6 is 0 Å². The van der Waals surface area contributed by atoms with Crippen molar-refractivity contribution in [3.8, 4) is 11.5 Å². The molecule has 0 bridgehead atoms. The molecule has 0 fully saturated rings. The van der Waals surface area contributed by atoms with E-state index in [1.54, 1.807) is 0 Å². The van der Waals surface area contributed by atoms with Crippen molar-refractivity contribution in [2.75, 3.05) is 7.11 Å². The first-order chi connectivity index (χ1) is 6.97. The standard InChI is InChI=1S/C8H6F3NO3/c1-14-7-5(10)3(9)2-4(6(7)11)15-8(12)13/h2H,1H3,(H2,12,13). The molecule has 0 saturated carbocycles. The monoisotopic (exact) mass is 221 g/mol. The summed E-state index contributed by atoms with van der Waals surface area (Å²) in [5, 5.41) is 0. The van der Waals surface area contributed by atoms with Crippen molar-refractivity contribution in [3.63, 3.8) is 0 Å². The molecule has 0 aliphatic carbocycles. The highest BCUT2D eigenvalue weighted by Gasteiger charge is 2.21. The number of halogens is 3. The van der Waals surface area contributed by atoms with Crippen LogP contribution in [0, 0.1) is 17.5 Å². The summed E-state index contributed by atoms with van der Waals surface area (Å²) in [6.07, 6.45) is -1.35. The first kappa shape index (κ1) is 11.2. The molecule has 0 atom stereocenters. The number of nitrogens with two attached hydrogens (primary N) is 1. The molecule has 0 aliphatic rings. The quantitative estimate of drug-likeness (QED) is 0.771. The van der Waals surface area contributed by atoms with Crippen LogP contribution in [0.3, 0.4) is 0 Å². The van der Waals surface area contributed by atoms with E-state index in [0.717, 1.165) is 7.11 Å². The highest BCUT2D eigenvalue weighted by atomic mass is 19.2. The second-order valence-corrected chi connectivity index (χ2v) is 2.44. The minimum atomic E-state index is -1.51. The van der Waals surface area contributed by atoms with Crippen LogP contribution < -0.4 is 15.2 Å². The molecule has 0 heterocycles. The second kappa shape index (κ2) is 4.07. The van der Waals surface area contributed by atoms with E-state index in [4.69, 9.17) is 0 Å². The molecule has 82 valence electrons. The summed E-state index contributed by atoms with van der Waals surface area (Å²) in [5.74, 6) is -6.07. The molecule has 0 aromatic heterocycles. The topological polar surface area (TPSA) is 61.6 Å². The second-order valence-electron chi connectivity index (χ2n) is 2.44. The number of carbonyl (C=O) groups excluding carboxylic acids is 1. The minimum absolute atomic E-state index is 0.359. The molecule has 0 unspecified atom stereocenters. The summed E-state index contributed by atoms with van der Waals surface area (Å²) in [6, 6.07) is 0.359. The van der Waals surface area contributed by atoms with Gasteiger partial charge in [-0.2, -0.15) is 8.78 Å². The lowest BCUT2D eigenvalue weighted by Crippen LogP contribution is -2.17. The lowest BCUT2D eigenvalue weighted by atomic mass is 10.3. The van der Waals surface area contributed by atoms with Gasteiger partial charge in [-0.1, -0.05) is 0 Å². The van der Waals surface area contributed by atoms with Crippen LogP contribution in [-0.4, -0.2) is 13.2 Å². The number of hydrogen-bond donors (Lipinski definition) is 1. The third-order valence-electron chi connectivity index (χ3n) is 1.50. The van der Waals surface area contributed by atoms with Crippen molar-refractivity contribution in [2.45, 2.75) is 0 Å². The lowest BCUT2D eigenvalue weighted by Gasteiger charge is -2.08. The first-order valence-electron chi connectivity index (χ1n) is 3.66. The van der Waals surface area contributed by atoms with Crippen molar-refractivity contribution in [3.05, 3.63) is 23.5 Å². The summed E-state index contributed by atoms with van der Waals surface area (Å²) in [6.45, 7) is 0. The van der Waals surface area contributed by atoms with Crippen molar-refractivity contribution in [1.29, 1.82) is 0 Å². The van der Waals surface area contributed by atoms with Crippen molar-refractivity contribution in [1.82, 2.24) is 0 Å². The Morgan fingerprint density at radius 2 is 1.93 bits per heavy atom. The van der Waals surface area contributed by atoms with E-state index >= 15 is 0 Å². The van der Waals surface area contributed by atoms with Gasteiger partial charge in [0, 0.05) is 6.07 Å². The number of carbonyl (C=O) groups is 1. The molecule has 1 rings (SSSR count). The molecule has 1 amide bonds. The Hall–Kier alpha value is -1.92. The zero-order valence-corrected chi connectivity index (χ0v) is 7.51. The maximum atomic E-state index is 13.2. The molecule has 0 spiro atoms. The van der Waals surface area contributed by atoms with E-state index in [9.17, 15) is 18.0 Å². The maximum absolute atomic E-state index is 13.2. The highest BCUT2D eigenvalue weighted by molar-refractivity contribution is 5.68. The number of rotatable bonds is 2. The summed E-state index contributed by atoms with van der Waals surface area (Å²) < 4.78 is 47.2. The predicted octanol–water partition coefficient (Wildman–Crippen LogP) is 1.57. The number of primary amides is 1. The number of amides is 1. The SMILES string of the molecule is COc1c(F)c(F)cc(OC(N)=O)c1F. The fourth-order valence-electron chi connectivity index (χ4n) is 0.920. The lowest BCUT2D eigenvalue weighted by molar-refractivity contribution is 0.207. The first-order valence-corrected chi connectivity index (χ1v) is 3.66. The van der Waals surface area contributed by atoms with E-state index in [1.807, 2.05) is 0 Å². The van der Waals surface area contributed by atoms with E-state index in [-0.39, 0.29) is 0 Å². The van der Waals surface area contributed by atoms with Gasteiger partial charge in [0.15, 0.2) is 17.3 Å².